The summed E-state index contributed by atoms with van der Waals surface area (Å²) >= 11 is 0. The maximum absolute atomic E-state index is 5.62. The number of nitrogens with two attached hydrogens (primary N) is 1. The number of methoxy groups -OCH3 is 1. The lowest BCUT2D eigenvalue weighted by atomic mass is 9.94. The van der Waals surface area contributed by atoms with Crippen LogP contribution in [0.15, 0.2) is 4.52 Å². The van der Waals surface area contributed by atoms with Gasteiger partial charge in [0.1, 0.15) is 0 Å². The number of rotatable bonds is 10. The standard InChI is InChI=1S/C13H25N3O2/c1-3-4-11(7-9-14)5-6-13-15-12(16-18-13)8-10-17-2/h11H,3-10,14H2,1-2H3. The van der Waals surface area contributed by atoms with Gasteiger partial charge in [-0.2, -0.15) is 4.98 Å². The van der Waals surface area contributed by atoms with Gasteiger partial charge in [0, 0.05) is 20.0 Å². The van der Waals surface area contributed by atoms with Gasteiger partial charge in [0.05, 0.1) is 6.61 Å². The number of ether oxygens (including phenoxy) is 1. The van der Waals surface area contributed by atoms with Crippen molar-refractivity contribution in [2.75, 3.05) is 20.3 Å². The van der Waals surface area contributed by atoms with Gasteiger partial charge in [0.15, 0.2) is 5.82 Å². The van der Waals surface area contributed by atoms with Crippen molar-refractivity contribution in [3.8, 4) is 0 Å². The molecule has 0 saturated carbocycles. The van der Waals surface area contributed by atoms with Crippen LogP contribution in [0, 0.1) is 5.92 Å². The Kier molecular flexibility index (Phi) is 7.60. The minimum Gasteiger partial charge on any atom is -0.384 e. The minimum atomic E-state index is 0.630. The largest absolute Gasteiger partial charge is 0.384 e. The van der Waals surface area contributed by atoms with Gasteiger partial charge in [-0.05, 0) is 25.3 Å². The summed E-state index contributed by atoms with van der Waals surface area (Å²) in [5.74, 6) is 2.14. The molecule has 0 aliphatic heterocycles. The molecular weight excluding hydrogens is 230 g/mol. The van der Waals surface area contributed by atoms with Gasteiger partial charge in [-0.25, -0.2) is 0 Å². The molecule has 104 valence electrons. The highest BCUT2D eigenvalue weighted by Gasteiger charge is 2.11. The quantitative estimate of drug-likeness (QED) is 0.691. The number of hydrogen-bond acceptors (Lipinski definition) is 5. The Labute approximate surface area is 109 Å². The van der Waals surface area contributed by atoms with Crippen LogP contribution in [0.4, 0.5) is 0 Å². The van der Waals surface area contributed by atoms with E-state index in [0.717, 1.165) is 37.5 Å². The smallest absolute Gasteiger partial charge is 0.226 e. The molecule has 0 bridgehead atoms. The molecule has 0 amide bonds. The number of aromatic nitrogens is 2. The van der Waals surface area contributed by atoms with Crippen LogP contribution in [0.5, 0.6) is 0 Å². The average molecular weight is 255 g/mol. The molecular formula is C13H25N3O2. The second kappa shape index (κ2) is 9.05. The fourth-order valence-electron chi connectivity index (χ4n) is 2.09. The Bertz CT molecular complexity index is 309. The third-order valence-electron chi connectivity index (χ3n) is 3.08. The van der Waals surface area contributed by atoms with Crippen LogP contribution in [-0.4, -0.2) is 30.4 Å². The molecule has 1 unspecified atom stereocenters. The maximum atomic E-state index is 5.62. The van der Waals surface area contributed by atoms with E-state index in [4.69, 9.17) is 15.0 Å². The van der Waals surface area contributed by atoms with Crippen molar-refractivity contribution in [1.82, 2.24) is 10.1 Å². The SMILES string of the molecule is CCCC(CCN)CCc1nc(CCOC)no1. The van der Waals surface area contributed by atoms with E-state index in [9.17, 15) is 0 Å². The van der Waals surface area contributed by atoms with Crippen molar-refractivity contribution in [2.24, 2.45) is 11.7 Å². The van der Waals surface area contributed by atoms with Gasteiger partial charge < -0.3 is 15.0 Å². The third-order valence-corrected chi connectivity index (χ3v) is 3.08. The molecule has 1 atom stereocenters. The summed E-state index contributed by atoms with van der Waals surface area (Å²) in [7, 11) is 1.67. The van der Waals surface area contributed by atoms with E-state index < -0.39 is 0 Å². The van der Waals surface area contributed by atoms with Crippen molar-refractivity contribution >= 4 is 0 Å². The van der Waals surface area contributed by atoms with Crippen molar-refractivity contribution in [3.63, 3.8) is 0 Å². The monoisotopic (exact) mass is 255 g/mol. The van der Waals surface area contributed by atoms with Crippen molar-refractivity contribution in [3.05, 3.63) is 11.7 Å². The second-order valence-electron chi connectivity index (χ2n) is 4.62. The molecule has 0 spiro atoms. The van der Waals surface area contributed by atoms with E-state index in [1.165, 1.54) is 12.8 Å². The summed E-state index contributed by atoms with van der Waals surface area (Å²) < 4.78 is 10.2. The fourth-order valence-corrected chi connectivity index (χ4v) is 2.09. The first-order valence-corrected chi connectivity index (χ1v) is 6.80. The zero-order valence-electron chi connectivity index (χ0n) is 11.5. The van der Waals surface area contributed by atoms with Crippen LogP contribution in [0.1, 0.15) is 44.3 Å². The Balaban J connectivity index is 2.34. The lowest BCUT2D eigenvalue weighted by molar-refractivity contribution is 0.199. The first-order valence-electron chi connectivity index (χ1n) is 6.80. The summed E-state index contributed by atoms with van der Waals surface area (Å²) in [5.41, 5.74) is 5.62. The minimum absolute atomic E-state index is 0.630. The summed E-state index contributed by atoms with van der Waals surface area (Å²) in [5, 5.41) is 3.93. The van der Waals surface area contributed by atoms with Gasteiger partial charge in [-0.15, -0.1) is 0 Å². The van der Waals surface area contributed by atoms with Crippen molar-refractivity contribution in [1.29, 1.82) is 0 Å². The van der Waals surface area contributed by atoms with Crippen LogP contribution in [0.3, 0.4) is 0 Å². The molecule has 1 heterocycles. The van der Waals surface area contributed by atoms with Crippen LogP contribution in [-0.2, 0) is 17.6 Å². The number of hydrogen-bond donors (Lipinski definition) is 1. The molecule has 0 radical (unpaired) electrons. The lowest BCUT2D eigenvalue weighted by Crippen LogP contribution is -2.09. The Morgan fingerprint density at radius 1 is 1.28 bits per heavy atom. The molecule has 5 heteroatoms. The maximum Gasteiger partial charge on any atom is 0.226 e. The van der Waals surface area contributed by atoms with Crippen LogP contribution in [0.25, 0.3) is 0 Å². The summed E-state index contributed by atoms with van der Waals surface area (Å²) in [6.07, 6.45) is 6.15. The molecule has 1 aromatic heterocycles. The molecule has 1 aromatic rings. The highest BCUT2D eigenvalue weighted by molar-refractivity contribution is 4.87. The first-order chi connectivity index (χ1) is 8.80. The number of nitrogens with zero attached hydrogens (tertiary/aromatic N) is 2. The van der Waals surface area contributed by atoms with E-state index >= 15 is 0 Å². The van der Waals surface area contributed by atoms with Crippen LogP contribution < -0.4 is 5.73 Å². The molecule has 0 aliphatic rings. The van der Waals surface area contributed by atoms with Gasteiger partial charge in [0.2, 0.25) is 5.89 Å². The zero-order valence-corrected chi connectivity index (χ0v) is 11.5. The molecule has 5 nitrogen and oxygen atoms in total. The van der Waals surface area contributed by atoms with Crippen LogP contribution in [0.2, 0.25) is 0 Å². The van der Waals surface area contributed by atoms with E-state index in [0.29, 0.717) is 18.9 Å². The molecule has 18 heavy (non-hydrogen) atoms. The van der Waals surface area contributed by atoms with Gasteiger partial charge in [-0.3, -0.25) is 0 Å². The van der Waals surface area contributed by atoms with E-state index in [-0.39, 0.29) is 0 Å². The van der Waals surface area contributed by atoms with E-state index in [1.807, 2.05) is 0 Å². The highest BCUT2D eigenvalue weighted by Crippen LogP contribution is 2.17. The Morgan fingerprint density at radius 2 is 2.11 bits per heavy atom. The predicted molar refractivity (Wildman–Crippen MR) is 70.3 cm³/mol. The average Bonchev–Trinajstić information content (AvgIpc) is 2.82. The first kappa shape index (κ1) is 15.1. The van der Waals surface area contributed by atoms with E-state index in [1.54, 1.807) is 7.11 Å². The predicted octanol–water partition coefficient (Wildman–Crippen LogP) is 1.96. The van der Waals surface area contributed by atoms with Crippen molar-refractivity contribution < 1.29 is 9.26 Å². The fraction of sp³-hybridized carbons (Fsp3) is 0.846. The normalized spacial score (nSPS) is 12.8. The molecule has 0 saturated heterocycles. The van der Waals surface area contributed by atoms with E-state index in [2.05, 4.69) is 17.1 Å². The topological polar surface area (TPSA) is 74.2 Å². The third kappa shape index (κ3) is 5.60. The van der Waals surface area contributed by atoms with Gasteiger partial charge in [-0.1, -0.05) is 24.9 Å². The van der Waals surface area contributed by atoms with Gasteiger partial charge in [0.25, 0.3) is 0 Å². The Hall–Kier alpha value is -0.940. The zero-order chi connectivity index (χ0) is 13.2. The summed E-state index contributed by atoms with van der Waals surface area (Å²) in [6.45, 7) is 3.59. The molecule has 0 fully saturated rings. The Morgan fingerprint density at radius 3 is 2.78 bits per heavy atom. The molecule has 2 N–H and O–H groups in total. The summed E-state index contributed by atoms with van der Waals surface area (Å²) in [6, 6.07) is 0. The highest BCUT2D eigenvalue weighted by atomic mass is 16.5. The lowest BCUT2D eigenvalue weighted by Gasteiger charge is -2.13. The molecule has 0 aliphatic carbocycles. The summed E-state index contributed by atoms with van der Waals surface area (Å²) in [4.78, 5) is 4.35. The second-order valence-corrected chi connectivity index (χ2v) is 4.62. The molecule has 1 rings (SSSR count). The number of aryl methyl sites for hydroxylation is 1. The molecule has 0 aromatic carbocycles. The van der Waals surface area contributed by atoms with Crippen molar-refractivity contribution in [2.45, 2.75) is 45.4 Å². The van der Waals surface area contributed by atoms with Crippen LogP contribution >= 0.6 is 0 Å². The van der Waals surface area contributed by atoms with Gasteiger partial charge >= 0.3 is 0 Å².